The van der Waals surface area contributed by atoms with Crippen LogP contribution in [0, 0.1) is 0 Å². The lowest BCUT2D eigenvalue weighted by Crippen LogP contribution is -2.49. The number of hydrogen-bond acceptors (Lipinski definition) is 4. The molecule has 0 saturated carbocycles. The Balaban J connectivity index is 2.24. The molecule has 0 bridgehead atoms. The fourth-order valence-corrected chi connectivity index (χ4v) is 2.60. The van der Waals surface area contributed by atoms with E-state index in [2.05, 4.69) is 11.8 Å². The Morgan fingerprint density at radius 3 is 2.89 bits per heavy atom. The smallest absolute Gasteiger partial charge is 0.0981 e. The van der Waals surface area contributed by atoms with Gasteiger partial charge >= 0.3 is 0 Å². The number of rotatable bonds is 3. The summed E-state index contributed by atoms with van der Waals surface area (Å²) in [5.41, 5.74) is 7.85. The third-order valence-corrected chi connectivity index (χ3v) is 3.82. The lowest BCUT2D eigenvalue weighted by Gasteiger charge is -2.39. The Bertz CT molecular complexity index is 439. The number of nitrogens with zero attached hydrogens (tertiary/aromatic N) is 1. The number of morpholine rings is 1. The zero-order chi connectivity index (χ0) is 14.0. The van der Waals surface area contributed by atoms with Crippen molar-refractivity contribution < 1.29 is 9.84 Å². The van der Waals surface area contributed by atoms with E-state index in [0.717, 1.165) is 11.3 Å². The topological polar surface area (TPSA) is 58.7 Å². The molecule has 0 amide bonds. The number of aliphatic hydroxyl groups excluding tert-OH is 1. The van der Waals surface area contributed by atoms with Gasteiger partial charge in [0.05, 0.1) is 30.0 Å². The van der Waals surface area contributed by atoms with Crippen molar-refractivity contribution in [3.8, 4) is 0 Å². The summed E-state index contributed by atoms with van der Waals surface area (Å²) in [5.74, 6) is 0. The fourth-order valence-electron chi connectivity index (χ4n) is 2.30. The van der Waals surface area contributed by atoms with Gasteiger partial charge in [-0.05, 0) is 31.5 Å². The van der Waals surface area contributed by atoms with Gasteiger partial charge in [-0.25, -0.2) is 0 Å². The molecule has 1 aliphatic heterocycles. The Morgan fingerprint density at radius 2 is 2.32 bits per heavy atom. The monoisotopic (exact) mass is 284 g/mol. The molecule has 1 heterocycles. The highest BCUT2D eigenvalue weighted by Gasteiger charge is 2.27. The molecular formula is C14H21ClN2O2. The van der Waals surface area contributed by atoms with E-state index in [0.29, 0.717) is 18.2 Å². The summed E-state index contributed by atoms with van der Waals surface area (Å²) in [7, 11) is 0. The average Bonchev–Trinajstić information content (AvgIpc) is 2.39. The maximum Gasteiger partial charge on any atom is 0.0981 e. The second kappa shape index (κ2) is 6.09. The van der Waals surface area contributed by atoms with Gasteiger partial charge in [0.15, 0.2) is 0 Å². The summed E-state index contributed by atoms with van der Waals surface area (Å²) >= 11 is 6.36. The fraction of sp³-hybridized carbons (Fsp3) is 0.571. The van der Waals surface area contributed by atoms with Crippen molar-refractivity contribution in [1.29, 1.82) is 0 Å². The van der Waals surface area contributed by atoms with Crippen LogP contribution >= 0.6 is 11.6 Å². The first-order chi connectivity index (χ1) is 9.02. The van der Waals surface area contributed by atoms with E-state index < -0.39 is 0 Å². The lowest BCUT2D eigenvalue weighted by atomic mass is 10.1. The van der Waals surface area contributed by atoms with Gasteiger partial charge < -0.3 is 20.5 Å². The zero-order valence-electron chi connectivity index (χ0n) is 11.3. The van der Waals surface area contributed by atoms with Crippen LogP contribution < -0.4 is 10.6 Å². The lowest BCUT2D eigenvalue weighted by molar-refractivity contribution is -0.0103. The second-order valence-corrected chi connectivity index (χ2v) is 5.55. The van der Waals surface area contributed by atoms with Gasteiger partial charge in [-0.1, -0.05) is 17.7 Å². The molecule has 106 valence electrons. The second-order valence-electron chi connectivity index (χ2n) is 5.14. The van der Waals surface area contributed by atoms with Gasteiger partial charge in [0.25, 0.3) is 0 Å². The molecule has 2 rings (SSSR count). The highest BCUT2D eigenvalue weighted by atomic mass is 35.5. The molecule has 19 heavy (non-hydrogen) atoms. The number of nitrogens with two attached hydrogens (primary N) is 1. The molecule has 3 unspecified atom stereocenters. The van der Waals surface area contributed by atoms with Gasteiger partial charge in [-0.2, -0.15) is 0 Å². The van der Waals surface area contributed by atoms with Crippen molar-refractivity contribution in [3.63, 3.8) is 0 Å². The minimum atomic E-state index is -0.152. The van der Waals surface area contributed by atoms with E-state index in [-0.39, 0.29) is 24.8 Å². The van der Waals surface area contributed by atoms with Crippen molar-refractivity contribution in [2.24, 2.45) is 5.73 Å². The summed E-state index contributed by atoms with van der Waals surface area (Å²) in [6.07, 6.45) is -0.152. The SMILES string of the molecule is CC(N)c1ccc(N2CC(CO)OCC2C)c(Cl)c1. The predicted molar refractivity (Wildman–Crippen MR) is 77.7 cm³/mol. The molecule has 1 fully saturated rings. The summed E-state index contributed by atoms with van der Waals surface area (Å²) < 4.78 is 5.54. The first-order valence-electron chi connectivity index (χ1n) is 6.57. The summed E-state index contributed by atoms with van der Waals surface area (Å²) in [6.45, 7) is 5.29. The molecule has 1 saturated heterocycles. The molecule has 0 spiro atoms. The minimum absolute atomic E-state index is 0.0265. The number of hydrogen-bond donors (Lipinski definition) is 2. The number of benzene rings is 1. The molecule has 3 N–H and O–H groups in total. The first kappa shape index (κ1) is 14.6. The molecular weight excluding hydrogens is 264 g/mol. The van der Waals surface area contributed by atoms with Crippen LogP contribution in [0.2, 0.25) is 5.02 Å². The maximum atomic E-state index is 9.23. The number of aliphatic hydroxyl groups is 1. The molecule has 5 heteroatoms. The number of halogens is 1. The summed E-state index contributed by atoms with van der Waals surface area (Å²) in [4.78, 5) is 2.18. The van der Waals surface area contributed by atoms with Crippen molar-refractivity contribution in [2.75, 3.05) is 24.7 Å². The minimum Gasteiger partial charge on any atom is -0.394 e. The Hall–Kier alpha value is -0.810. The summed E-state index contributed by atoms with van der Waals surface area (Å²) in [5, 5.41) is 9.92. The standard InChI is InChI=1S/C14H21ClN2O2/c1-9-8-19-12(7-18)6-17(9)14-4-3-11(10(2)16)5-13(14)15/h3-5,9-10,12,18H,6-8,16H2,1-2H3. The van der Waals surface area contributed by atoms with Crippen molar-refractivity contribution in [2.45, 2.75) is 32.0 Å². The third kappa shape index (κ3) is 3.20. The largest absolute Gasteiger partial charge is 0.394 e. The molecule has 3 atom stereocenters. The molecule has 4 nitrogen and oxygen atoms in total. The highest BCUT2D eigenvalue weighted by Crippen LogP contribution is 2.31. The van der Waals surface area contributed by atoms with Gasteiger partial charge in [0, 0.05) is 18.6 Å². The van der Waals surface area contributed by atoms with Crippen molar-refractivity contribution in [3.05, 3.63) is 28.8 Å². The van der Waals surface area contributed by atoms with Crippen LogP contribution in [0.4, 0.5) is 5.69 Å². The quantitative estimate of drug-likeness (QED) is 0.891. The van der Waals surface area contributed by atoms with E-state index in [4.69, 9.17) is 22.1 Å². The van der Waals surface area contributed by atoms with E-state index in [9.17, 15) is 5.11 Å². The van der Waals surface area contributed by atoms with Gasteiger partial charge in [0.2, 0.25) is 0 Å². The molecule has 1 aliphatic rings. The van der Waals surface area contributed by atoms with Crippen LogP contribution in [0.1, 0.15) is 25.5 Å². The maximum absolute atomic E-state index is 9.23. The Labute approximate surface area is 119 Å². The number of ether oxygens (including phenoxy) is 1. The normalized spacial score (nSPS) is 25.4. The van der Waals surface area contributed by atoms with Crippen molar-refractivity contribution >= 4 is 17.3 Å². The summed E-state index contributed by atoms with van der Waals surface area (Å²) in [6, 6.07) is 6.12. The molecule has 0 aromatic heterocycles. The van der Waals surface area contributed by atoms with Crippen LogP contribution in [0.3, 0.4) is 0 Å². The van der Waals surface area contributed by atoms with E-state index in [1.807, 2.05) is 25.1 Å². The van der Waals surface area contributed by atoms with Gasteiger partial charge in [-0.3, -0.25) is 0 Å². The first-order valence-corrected chi connectivity index (χ1v) is 6.95. The van der Waals surface area contributed by atoms with Crippen LogP contribution in [0.25, 0.3) is 0 Å². The van der Waals surface area contributed by atoms with Crippen LogP contribution in [0.15, 0.2) is 18.2 Å². The van der Waals surface area contributed by atoms with Crippen LogP contribution in [-0.4, -0.2) is 37.0 Å². The molecule has 1 aromatic rings. The van der Waals surface area contributed by atoms with E-state index in [1.165, 1.54) is 0 Å². The highest BCUT2D eigenvalue weighted by molar-refractivity contribution is 6.33. The van der Waals surface area contributed by atoms with Crippen molar-refractivity contribution in [1.82, 2.24) is 0 Å². The molecule has 0 radical (unpaired) electrons. The molecule has 0 aliphatic carbocycles. The zero-order valence-corrected chi connectivity index (χ0v) is 12.1. The Morgan fingerprint density at radius 1 is 1.58 bits per heavy atom. The third-order valence-electron chi connectivity index (χ3n) is 3.52. The molecule has 1 aromatic carbocycles. The van der Waals surface area contributed by atoms with Gasteiger partial charge in [0.1, 0.15) is 0 Å². The number of anilines is 1. The van der Waals surface area contributed by atoms with Gasteiger partial charge in [-0.15, -0.1) is 0 Å². The average molecular weight is 285 g/mol. The Kier molecular flexibility index (Phi) is 4.68. The van der Waals surface area contributed by atoms with Crippen LogP contribution in [0.5, 0.6) is 0 Å². The van der Waals surface area contributed by atoms with E-state index in [1.54, 1.807) is 0 Å². The van der Waals surface area contributed by atoms with Crippen LogP contribution in [-0.2, 0) is 4.74 Å². The van der Waals surface area contributed by atoms with E-state index >= 15 is 0 Å². The predicted octanol–water partition coefficient (Wildman–Crippen LogP) is 1.95.